The van der Waals surface area contributed by atoms with Crippen LogP contribution < -0.4 is 10.6 Å². The van der Waals surface area contributed by atoms with Crippen molar-refractivity contribution in [3.63, 3.8) is 0 Å². The molecule has 7 heteroatoms. The first-order valence-corrected chi connectivity index (χ1v) is 8.15. The van der Waals surface area contributed by atoms with Gasteiger partial charge in [0, 0.05) is 37.9 Å². The zero-order chi connectivity index (χ0) is 15.0. The highest BCUT2D eigenvalue weighted by atomic mass is 35.5. The Morgan fingerprint density at radius 1 is 0.720 bits per heavy atom. The molecule has 0 aromatic carbocycles. The monoisotopic (exact) mass is 404 g/mol. The molecule has 4 nitrogen and oxygen atoms in total. The van der Waals surface area contributed by atoms with Gasteiger partial charge in [-0.05, 0) is 61.0 Å². The van der Waals surface area contributed by atoms with E-state index in [-0.39, 0.29) is 37.2 Å². The lowest BCUT2D eigenvalue weighted by atomic mass is 10.0. The summed E-state index contributed by atoms with van der Waals surface area (Å²) in [6.07, 6.45) is 10.1. The maximum absolute atomic E-state index is 4.10. The van der Waals surface area contributed by atoms with Crippen LogP contribution in [0.25, 0.3) is 0 Å². The van der Waals surface area contributed by atoms with Gasteiger partial charge in [-0.25, -0.2) is 0 Å². The Labute approximate surface area is 168 Å². The highest BCUT2D eigenvalue weighted by Gasteiger charge is 2.16. The van der Waals surface area contributed by atoms with Crippen LogP contribution >= 0.6 is 37.2 Å². The smallest absolute Gasteiger partial charge is 0.0303 e. The Kier molecular flexibility index (Phi) is 12.8. The Morgan fingerprint density at radius 2 is 1.16 bits per heavy atom. The highest BCUT2D eigenvalue weighted by molar-refractivity contribution is 5.86. The molecule has 2 aromatic heterocycles. The van der Waals surface area contributed by atoms with Crippen molar-refractivity contribution in [3.8, 4) is 0 Å². The molecule has 4 rings (SSSR count). The summed E-state index contributed by atoms with van der Waals surface area (Å²) in [5.41, 5.74) is 2.75. The number of hydrogen-bond donors (Lipinski definition) is 2. The van der Waals surface area contributed by atoms with Gasteiger partial charge in [-0.3, -0.25) is 9.97 Å². The molecule has 2 atom stereocenters. The van der Waals surface area contributed by atoms with Gasteiger partial charge in [0.2, 0.25) is 0 Å². The molecule has 0 radical (unpaired) electrons. The molecule has 0 bridgehead atoms. The molecule has 25 heavy (non-hydrogen) atoms. The second-order valence-corrected chi connectivity index (χ2v) is 5.95. The highest BCUT2D eigenvalue weighted by Crippen LogP contribution is 2.21. The maximum atomic E-state index is 4.10. The normalized spacial score (nSPS) is 21.0. The SMILES string of the molecule is Cl.Cl.Cl.c1cncc(C2CCNC2)c1.c1cncc(C2CCNC2)c1. The van der Waals surface area contributed by atoms with Crippen molar-refractivity contribution in [2.45, 2.75) is 24.7 Å². The van der Waals surface area contributed by atoms with Crippen LogP contribution in [0.1, 0.15) is 35.8 Å². The van der Waals surface area contributed by atoms with Gasteiger partial charge in [0.25, 0.3) is 0 Å². The van der Waals surface area contributed by atoms with E-state index in [4.69, 9.17) is 0 Å². The summed E-state index contributed by atoms with van der Waals surface area (Å²) in [7, 11) is 0. The van der Waals surface area contributed by atoms with E-state index in [2.05, 4.69) is 32.7 Å². The van der Waals surface area contributed by atoms with Gasteiger partial charge in [0.15, 0.2) is 0 Å². The topological polar surface area (TPSA) is 49.8 Å². The Balaban J connectivity index is 0.000000411. The summed E-state index contributed by atoms with van der Waals surface area (Å²) >= 11 is 0. The number of nitrogens with one attached hydrogen (secondary N) is 2. The molecule has 2 aliphatic rings. The maximum Gasteiger partial charge on any atom is 0.0303 e. The summed E-state index contributed by atoms with van der Waals surface area (Å²) in [6.45, 7) is 4.54. The molecule has 2 unspecified atom stereocenters. The molecule has 2 aromatic rings. The van der Waals surface area contributed by atoms with Crippen LogP contribution in [-0.4, -0.2) is 36.1 Å². The van der Waals surface area contributed by atoms with Crippen LogP contribution in [0.2, 0.25) is 0 Å². The summed E-state index contributed by atoms with van der Waals surface area (Å²) in [5, 5.41) is 6.69. The third-order valence-corrected chi connectivity index (χ3v) is 4.43. The first-order valence-electron chi connectivity index (χ1n) is 8.15. The van der Waals surface area contributed by atoms with Crippen molar-refractivity contribution in [1.29, 1.82) is 0 Å². The lowest BCUT2D eigenvalue weighted by Gasteiger charge is -2.05. The van der Waals surface area contributed by atoms with Gasteiger partial charge >= 0.3 is 0 Å². The second-order valence-electron chi connectivity index (χ2n) is 5.95. The summed E-state index contributed by atoms with van der Waals surface area (Å²) < 4.78 is 0. The Hall–Kier alpha value is -0.910. The third-order valence-electron chi connectivity index (χ3n) is 4.43. The average molecular weight is 406 g/mol. The van der Waals surface area contributed by atoms with Crippen molar-refractivity contribution < 1.29 is 0 Å². The van der Waals surface area contributed by atoms with Gasteiger partial charge in [0.1, 0.15) is 0 Å². The number of halogens is 3. The predicted octanol–water partition coefficient (Wildman–Crippen LogP) is 3.58. The van der Waals surface area contributed by atoms with Crippen molar-refractivity contribution in [2.75, 3.05) is 26.2 Å². The van der Waals surface area contributed by atoms with Gasteiger partial charge in [-0.15, -0.1) is 37.2 Å². The minimum atomic E-state index is 0. The first kappa shape index (κ1) is 24.1. The fourth-order valence-electron chi connectivity index (χ4n) is 3.11. The first-order chi connectivity index (χ1) is 10.9. The van der Waals surface area contributed by atoms with Crippen molar-refractivity contribution in [3.05, 3.63) is 60.2 Å². The Bertz CT molecular complexity index is 493. The zero-order valence-corrected chi connectivity index (χ0v) is 16.6. The molecule has 0 saturated carbocycles. The van der Waals surface area contributed by atoms with Crippen molar-refractivity contribution >= 4 is 37.2 Å². The molecule has 140 valence electrons. The zero-order valence-electron chi connectivity index (χ0n) is 14.1. The number of aromatic nitrogens is 2. The van der Waals surface area contributed by atoms with E-state index in [9.17, 15) is 0 Å². The molecule has 0 aliphatic carbocycles. The molecule has 4 heterocycles. The number of hydrogen-bond acceptors (Lipinski definition) is 4. The fourth-order valence-corrected chi connectivity index (χ4v) is 3.11. The number of rotatable bonds is 2. The van der Waals surface area contributed by atoms with Gasteiger partial charge in [-0.1, -0.05) is 12.1 Å². The number of pyridine rings is 2. The van der Waals surface area contributed by atoms with E-state index >= 15 is 0 Å². The van der Waals surface area contributed by atoms with Crippen molar-refractivity contribution in [2.24, 2.45) is 0 Å². The van der Waals surface area contributed by atoms with Crippen molar-refractivity contribution in [1.82, 2.24) is 20.6 Å². The average Bonchev–Trinajstić information content (AvgIpc) is 3.31. The van der Waals surface area contributed by atoms with Gasteiger partial charge in [0.05, 0.1) is 0 Å². The second kappa shape index (κ2) is 13.3. The van der Waals surface area contributed by atoms with Crippen LogP contribution in [-0.2, 0) is 0 Å². The molecule has 2 N–H and O–H groups in total. The predicted molar refractivity (Wildman–Crippen MR) is 111 cm³/mol. The third kappa shape index (κ3) is 7.47. The molecular weight excluding hydrogens is 379 g/mol. The quantitative estimate of drug-likeness (QED) is 0.802. The van der Waals surface area contributed by atoms with Gasteiger partial charge in [-0.2, -0.15) is 0 Å². The fraction of sp³-hybridized carbons (Fsp3) is 0.444. The van der Waals surface area contributed by atoms with Crippen LogP contribution in [0, 0.1) is 0 Å². The summed E-state index contributed by atoms with van der Waals surface area (Å²) in [5.74, 6) is 1.40. The molecule has 2 saturated heterocycles. The lowest BCUT2D eigenvalue weighted by molar-refractivity contribution is 0.759. The largest absolute Gasteiger partial charge is 0.316 e. The van der Waals surface area contributed by atoms with Crippen LogP contribution in [0.15, 0.2) is 49.1 Å². The molecule has 2 aliphatic heterocycles. The summed E-state index contributed by atoms with van der Waals surface area (Å²) in [4.78, 5) is 8.20. The van der Waals surface area contributed by atoms with Crippen LogP contribution in [0.3, 0.4) is 0 Å². The van der Waals surface area contributed by atoms with E-state index in [1.165, 1.54) is 24.0 Å². The lowest BCUT2D eigenvalue weighted by Crippen LogP contribution is -2.07. The van der Waals surface area contributed by atoms with Crippen LogP contribution in [0.4, 0.5) is 0 Å². The van der Waals surface area contributed by atoms with E-state index < -0.39 is 0 Å². The summed E-state index contributed by atoms with van der Waals surface area (Å²) in [6, 6.07) is 8.33. The van der Waals surface area contributed by atoms with Crippen LogP contribution in [0.5, 0.6) is 0 Å². The number of nitrogens with zero attached hydrogens (tertiary/aromatic N) is 2. The van der Waals surface area contributed by atoms with Gasteiger partial charge < -0.3 is 10.6 Å². The Morgan fingerprint density at radius 3 is 1.44 bits per heavy atom. The van der Waals surface area contributed by atoms with E-state index in [1.807, 2.05) is 36.9 Å². The van der Waals surface area contributed by atoms with E-state index in [1.54, 1.807) is 0 Å². The van der Waals surface area contributed by atoms with E-state index in [0.29, 0.717) is 11.8 Å². The molecule has 0 amide bonds. The standard InChI is InChI=1S/2C9H12N2.3ClH/c2*1-2-8(6-10-4-1)9-3-5-11-7-9;;;/h2*1-2,4,6,9,11H,3,5,7H2;3*1H. The molecule has 2 fully saturated rings. The minimum absolute atomic E-state index is 0. The minimum Gasteiger partial charge on any atom is -0.316 e. The van der Waals surface area contributed by atoms with E-state index in [0.717, 1.165) is 26.2 Å². The molecule has 0 spiro atoms. The molecular formula is C18H27Cl3N4.